The van der Waals surface area contributed by atoms with E-state index in [1.807, 2.05) is 0 Å². The summed E-state index contributed by atoms with van der Waals surface area (Å²) in [6.07, 6.45) is 46.3. The van der Waals surface area contributed by atoms with Gasteiger partial charge in [0.05, 0.1) is 6.54 Å². The van der Waals surface area contributed by atoms with Crippen molar-refractivity contribution in [2.24, 2.45) is 4.99 Å². The zero-order valence-electron chi connectivity index (χ0n) is 30.3. The highest BCUT2D eigenvalue weighted by Gasteiger charge is 2.21. The first-order chi connectivity index (χ1) is 21.7. The molecule has 4 nitrogen and oxygen atoms in total. The van der Waals surface area contributed by atoms with Gasteiger partial charge < -0.3 is 10.2 Å². The summed E-state index contributed by atoms with van der Waals surface area (Å²) in [5.41, 5.74) is 0. The molecule has 1 rings (SSSR count). The Balaban J connectivity index is 0.0000194. The summed E-state index contributed by atoms with van der Waals surface area (Å²) in [5.74, 6) is 1.03. The number of amidine groups is 1. The molecular formula is C40H76ClN3O. The van der Waals surface area contributed by atoms with Crippen LogP contribution in [0.25, 0.3) is 0 Å². The smallest absolute Gasteiger partial charge is 0.245 e. The van der Waals surface area contributed by atoms with Crippen molar-refractivity contribution in [3.05, 3.63) is 24.3 Å². The molecule has 1 aliphatic rings. The number of hydrogen-bond donors (Lipinski definition) is 1. The number of nitrogens with one attached hydrogen (secondary N) is 1. The summed E-state index contributed by atoms with van der Waals surface area (Å²) in [6.45, 7) is 8.34. The second-order valence-electron chi connectivity index (χ2n) is 13.5. The number of hydrogen-bond acceptors (Lipinski definition) is 3. The molecule has 264 valence electrons. The summed E-state index contributed by atoms with van der Waals surface area (Å²) >= 11 is 0. The van der Waals surface area contributed by atoms with Gasteiger partial charge in [-0.1, -0.05) is 180 Å². The summed E-state index contributed by atoms with van der Waals surface area (Å²) < 4.78 is 0. The molecule has 0 spiro atoms. The minimum Gasteiger partial charge on any atom is -0.335 e. The lowest BCUT2D eigenvalue weighted by Crippen LogP contribution is -2.47. The zero-order chi connectivity index (χ0) is 31.8. The lowest BCUT2D eigenvalue weighted by Gasteiger charge is -2.26. The van der Waals surface area contributed by atoms with Gasteiger partial charge in [0.1, 0.15) is 12.0 Å². The first kappa shape index (κ1) is 43.7. The van der Waals surface area contributed by atoms with E-state index in [2.05, 4.69) is 54.2 Å². The third-order valence-electron chi connectivity index (χ3n) is 9.21. The van der Waals surface area contributed by atoms with Crippen LogP contribution in [0, 0.1) is 0 Å². The molecule has 0 aromatic rings. The molecule has 0 saturated carbocycles. The van der Waals surface area contributed by atoms with Crippen molar-refractivity contribution in [2.45, 2.75) is 207 Å². The van der Waals surface area contributed by atoms with E-state index >= 15 is 0 Å². The van der Waals surface area contributed by atoms with Gasteiger partial charge >= 0.3 is 0 Å². The highest BCUT2D eigenvalue weighted by atomic mass is 35.5. The number of nitrogens with zero attached hydrogens (tertiary/aromatic N) is 2. The molecule has 45 heavy (non-hydrogen) atoms. The van der Waals surface area contributed by atoms with Crippen molar-refractivity contribution in [2.75, 3.05) is 13.1 Å². The molecule has 0 fully saturated rings. The average molecular weight is 651 g/mol. The van der Waals surface area contributed by atoms with E-state index < -0.39 is 0 Å². The van der Waals surface area contributed by atoms with Crippen LogP contribution >= 0.6 is 12.4 Å². The minimum absolute atomic E-state index is 0. The summed E-state index contributed by atoms with van der Waals surface area (Å²) in [7, 11) is 0. The van der Waals surface area contributed by atoms with Crippen LogP contribution in [0.1, 0.15) is 201 Å². The monoisotopic (exact) mass is 650 g/mol. The van der Waals surface area contributed by atoms with Crippen molar-refractivity contribution in [1.29, 1.82) is 0 Å². The minimum atomic E-state index is -0.0364. The van der Waals surface area contributed by atoms with E-state index in [4.69, 9.17) is 0 Å². The fraction of sp³-hybridized carbons (Fsp3) is 0.850. The van der Waals surface area contributed by atoms with E-state index in [-0.39, 0.29) is 24.5 Å². The van der Waals surface area contributed by atoms with Gasteiger partial charge in [0.25, 0.3) is 0 Å². The largest absolute Gasteiger partial charge is 0.335 e. The van der Waals surface area contributed by atoms with E-state index in [0.29, 0.717) is 0 Å². The van der Waals surface area contributed by atoms with Gasteiger partial charge in [-0.15, -0.1) is 12.4 Å². The zero-order valence-corrected chi connectivity index (χ0v) is 31.1. The Labute approximate surface area is 287 Å². The van der Waals surface area contributed by atoms with E-state index in [1.165, 1.54) is 167 Å². The molecule has 5 heteroatoms. The number of allylic oxidation sites excluding steroid dienone is 2. The van der Waals surface area contributed by atoms with Crippen LogP contribution in [0.4, 0.5) is 0 Å². The molecular weight excluding hydrogens is 574 g/mol. The molecule has 0 radical (unpaired) electrons. The Bertz CT molecular complexity index is 735. The van der Waals surface area contributed by atoms with Crippen LogP contribution in [0.3, 0.4) is 0 Å². The molecule has 1 atom stereocenters. The van der Waals surface area contributed by atoms with Crippen LogP contribution in [-0.2, 0) is 4.79 Å². The van der Waals surface area contributed by atoms with Crippen molar-refractivity contribution in [1.82, 2.24) is 10.2 Å². The molecule has 0 aliphatic carbocycles. The maximum absolute atomic E-state index is 12.5. The number of aliphatic imine (C=N–C) groups is 1. The molecule has 0 bridgehead atoms. The summed E-state index contributed by atoms with van der Waals surface area (Å²) in [6, 6.07) is 0. The second kappa shape index (κ2) is 34.1. The van der Waals surface area contributed by atoms with Crippen LogP contribution in [0.5, 0.6) is 0 Å². The van der Waals surface area contributed by atoms with Gasteiger partial charge in [0.2, 0.25) is 5.91 Å². The lowest BCUT2D eigenvalue weighted by atomic mass is 10.0. The topological polar surface area (TPSA) is 44.7 Å². The van der Waals surface area contributed by atoms with E-state index in [1.54, 1.807) is 6.08 Å². The lowest BCUT2D eigenvalue weighted by molar-refractivity contribution is -0.117. The maximum atomic E-state index is 12.5. The highest BCUT2D eigenvalue weighted by Crippen LogP contribution is 2.15. The number of halogens is 1. The van der Waals surface area contributed by atoms with Crippen LogP contribution in [-0.4, -0.2) is 35.9 Å². The fourth-order valence-electron chi connectivity index (χ4n) is 6.29. The van der Waals surface area contributed by atoms with Gasteiger partial charge in [-0.25, -0.2) is 0 Å². The number of carbonyl (C=O) groups excluding carboxylic acids is 1. The summed E-state index contributed by atoms with van der Waals surface area (Å²) in [5, 5.41) is 3.14. The second-order valence-corrected chi connectivity index (χ2v) is 13.5. The molecule has 1 N–H and O–H groups in total. The number of amides is 1. The van der Waals surface area contributed by atoms with Crippen molar-refractivity contribution in [3.63, 3.8) is 0 Å². The third kappa shape index (κ3) is 27.5. The maximum Gasteiger partial charge on any atom is 0.245 e. The van der Waals surface area contributed by atoms with Gasteiger partial charge in [-0.05, 0) is 44.8 Å². The molecule has 1 amide bonds. The quantitative estimate of drug-likeness (QED) is 0.0582. The third-order valence-corrected chi connectivity index (χ3v) is 9.21. The first-order valence-corrected chi connectivity index (χ1v) is 19.6. The Hall–Kier alpha value is -1.29. The van der Waals surface area contributed by atoms with Crippen LogP contribution < -0.4 is 5.32 Å². The van der Waals surface area contributed by atoms with E-state index in [0.717, 1.165) is 31.8 Å². The normalized spacial score (nSPS) is 13.9. The Morgan fingerprint density at radius 2 is 1.02 bits per heavy atom. The van der Waals surface area contributed by atoms with Gasteiger partial charge in [-0.3, -0.25) is 9.79 Å². The Kier molecular flexibility index (Phi) is 33.1. The SMILES string of the molecule is CCCCCCCCCCCCCCCC=CC(=O)NC(C)N1CCN=C1C=CCCCCCCCCCCCCCCC.Cl. The predicted molar refractivity (Wildman–Crippen MR) is 203 cm³/mol. The standard InChI is InChI=1S/C40H75N3O.ClH/c1-4-6-8-10-12-14-16-18-20-22-24-26-28-30-32-34-39-41-36-37-43(39)38(3)42-40(44)35-33-31-29-27-25-23-21-19-17-15-13-11-9-7-5-2;/h32-35,38H,4-31,36-37H2,1-3H3,(H,42,44);1H. The van der Waals surface area contributed by atoms with E-state index in [9.17, 15) is 4.79 Å². The number of rotatable bonds is 32. The summed E-state index contributed by atoms with van der Waals surface area (Å²) in [4.78, 5) is 19.4. The average Bonchev–Trinajstić information content (AvgIpc) is 3.50. The Morgan fingerprint density at radius 3 is 1.44 bits per heavy atom. The van der Waals surface area contributed by atoms with Crippen LogP contribution in [0.15, 0.2) is 29.3 Å². The molecule has 0 saturated heterocycles. The highest BCUT2D eigenvalue weighted by molar-refractivity contribution is 5.95. The molecule has 0 aromatic carbocycles. The molecule has 1 aliphatic heterocycles. The molecule has 0 aromatic heterocycles. The predicted octanol–water partition coefficient (Wildman–Crippen LogP) is 12.7. The Morgan fingerprint density at radius 1 is 0.644 bits per heavy atom. The first-order valence-electron chi connectivity index (χ1n) is 19.6. The number of unbranched alkanes of at least 4 members (excludes halogenated alkanes) is 26. The van der Waals surface area contributed by atoms with Crippen LogP contribution in [0.2, 0.25) is 0 Å². The number of carbonyl (C=O) groups is 1. The molecule has 1 heterocycles. The van der Waals surface area contributed by atoms with Gasteiger partial charge in [0.15, 0.2) is 0 Å². The fourth-order valence-corrected chi connectivity index (χ4v) is 6.29. The van der Waals surface area contributed by atoms with Gasteiger partial charge in [-0.2, -0.15) is 0 Å². The van der Waals surface area contributed by atoms with Crippen molar-refractivity contribution < 1.29 is 4.79 Å². The molecule has 1 unspecified atom stereocenters. The van der Waals surface area contributed by atoms with Crippen molar-refractivity contribution >= 4 is 24.1 Å². The van der Waals surface area contributed by atoms with Crippen molar-refractivity contribution in [3.8, 4) is 0 Å². The van der Waals surface area contributed by atoms with Gasteiger partial charge in [0, 0.05) is 6.54 Å².